The number of pyridine rings is 1. The number of nitrogens with zero attached hydrogens (tertiary/aromatic N) is 1. The van der Waals surface area contributed by atoms with Gasteiger partial charge >= 0.3 is 6.18 Å². The number of rotatable bonds is 4. The molecule has 3 nitrogen and oxygen atoms in total. The first-order valence-corrected chi connectivity index (χ1v) is 6.38. The highest BCUT2D eigenvalue weighted by Crippen LogP contribution is 2.36. The quantitative estimate of drug-likeness (QED) is 0.909. The van der Waals surface area contributed by atoms with Gasteiger partial charge in [0.1, 0.15) is 0 Å². The Labute approximate surface area is 124 Å². The molecule has 1 aromatic carbocycles. The van der Waals surface area contributed by atoms with Gasteiger partial charge in [0.25, 0.3) is 0 Å². The van der Waals surface area contributed by atoms with Crippen molar-refractivity contribution in [3.8, 4) is 5.88 Å². The number of nitrogens with one attached hydrogen (secondary N) is 1. The van der Waals surface area contributed by atoms with E-state index >= 15 is 0 Å². The minimum absolute atomic E-state index is 0.288. The Morgan fingerprint density at radius 3 is 2.71 bits per heavy atom. The highest BCUT2D eigenvalue weighted by atomic mass is 35.5. The molecule has 0 saturated heterocycles. The summed E-state index contributed by atoms with van der Waals surface area (Å²) in [6, 6.07) is 7.18. The molecule has 0 atom stereocenters. The van der Waals surface area contributed by atoms with Crippen molar-refractivity contribution in [1.29, 1.82) is 0 Å². The van der Waals surface area contributed by atoms with E-state index in [4.69, 9.17) is 16.3 Å². The number of ether oxygens (including phenoxy) is 1. The summed E-state index contributed by atoms with van der Waals surface area (Å²) in [5, 5.41) is 2.57. The largest absolute Gasteiger partial charge is 0.481 e. The van der Waals surface area contributed by atoms with Gasteiger partial charge in [-0.1, -0.05) is 17.7 Å². The molecule has 7 heteroatoms. The van der Waals surface area contributed by atoms with Crippen LogP contribution in [0.5, 0.6) is 5.88 Å². The minimum atomic E-state index is -4.49. The summed E-state index contributed by atoms with van der Waals surface area (Å²) in [7, 11) is 1.48. The number of anilines is 1. The van der Waals surface area contributed by atoms with Gasteiger partial charge < -0.3 is 10.1 Å². The summed E-state index contributed by atoms with van der Waals surface area (Å²) in [6.45, 7) is 0.288. The number of alkyl halides is 3. The average molecular weight is 317 g/mol. The van der Waals surface area contributed by atoms with Gasteiger partial charge in [-0.15, -0.1) is 0 Å². The van der Waals surface area contributed by atoms with Crippen molar-refractivity contribution < 1.29 is 17.9 Å². The van der Waals surface area contributed by atoms with Crippen molar-refractivity contribution in [3.63, 3.8) is 0 Å². The predicted octanol–water partition coefficient (Wildman–Crippen LogP) is 4.37. The van der Waals surface area contributed by atoms with Crippen LogP contribution in [0.25, 0.3) is 0 Å². The Kier molecular flexibility index (Phi) is 4.57. The van der Waals surface area contributed by atoms with Gasteiger partial charge in [-0.3, -0.25) is 0 Å². The molecule has 0 aliphatic heterocycles. The highest BCUT2D eigenvalue weighted by molar-refractivity contribution is 6.31. The minimum Gasteiger partial charge on any atom is -0.481 e. The molecule has 0 spiro atoms. The Bertz CT molecular complexity index is 632. The van der Waals surface area contributed by atoms with Crippen LogP contribution in [0.1, 0.15) is 11.1 Å². The van der Waals surface area contributed by atoms with Gasteiger partial charge in [0.05, 0.1) is 17.7 Å². The molecule has 0 radical (unpaired) electrons. The van der Waals surface area contributed by atoms with Gasteiger partial charge in [0.2, 0.25) is 5.88 Å². The molecule has 0 aliphatic rings. The Hall–Kier alpha value is -1.95. The SMILES string of the molecule is COc1ncccc1CNc1ccc(Cl)c(C(F)(F)F)c1. The van der Waals surface area contributed by atoms with Crippen LogP contribution in [0.15, 0.2) is 36.5 Å². The maximum absolute atomic E-state index is 12.8. The molecule has 2 aromatic rings. The monoisotopic (exact) mass is 316 g/mol. The Morgan fingerprint density at radius 1 is 1.29 bits per heavy atom. The third-order valence-corrected chi connectivity index (χ3v) is 3.13. The van der Waals surface area contributed by atoms with Crippen molar-refractivity contribution in [2.24, 2.45) is 0 Å². The van der Waals surface area contributed by atoms with Gasteiger partial charge in [-0.2, -0.15) is 13.2 Å². The van der Waals surface area contributed by atoms with Gasteiger partial charge in [-0.05, 0) is 24.3 Å². The van der Waals surface area contributed by atoms with Crippen molar-refractivity contribution in [2.75, 3.05) is 12.4 Å². The number of aromatic nitrogens is 1. The second-order valence-corrected chi connectivity index (χ2v) is 4.62. The van der Waals surface area contributed by atoms with E-state index < -0.39 is 11.7 Å². The fourth-order valence-corrected chi connectivity index (χ4v) is 2.02. The molecule has 0 amide bonds. The van der Waals surface area contributed by atoms with Gasteiger partial charge in [-0.25, -0.2) is 4.98 Å². The third kappa shape index (κ3) is 3.78. The summed E-state index contributed by atoms with van der Waals surface area (Å²) in [5.74, 6) is 0.426. The molecule has 1 heterocycles. The average Bonchev–Trinajstić information content (AvgIpc) is 2.45. The molecule has 0 bridgehead atoms. The van der Waals surface area contributed by atoms with E-state index in [0.717, 1.165) is 11.6 Å². The van der Waals surface area contributed by atoms with E-state index in [2.05, 4.69) is 10.3 Å². The van der Waals surface area contributed by atoms with Crippen molar-refractivity contribution in [3.05, 3.63) is 52.7 Å². The summed E-state index contributed by atoms with van der Waals surface area (Å²) in [5.41, 5.74) is 0.188. The molecule has 0 aliphatic carbocycles. The molecule has 112 valence electrons. The van der Waals surface area contributed by atoms with Crippen LogP contribution in [0.2, 0.25) is 5.02 Å². The summed E-state index contributed by atoms with van der Waals surface area (Å²) < 4.78 is 43.4. The van der Waals surface area contributed by atoms with Crippen LogP contribution in [-0.2, 0) is 12.7 Å². The van der Waals surface area contributed by atoms with Crippen molar-refractivity contribution in [1.82, 2.24) is 4.98 Å². The van der Waals surface area contributed by atoms with Gasteiger partial charge in [0, 0.05) is 24.0 Å². The Morgan fingerprint density at radius 2 is 2.05 bits per heavy atom. The number of hydrogen-bond acceptors (Lipinski definition) is 3. The molecule has 1 aromatic heterocycles. The number of benzene rings is 1. The van der Waals surface area contributed by atoms with Crippen LogP contribution in [0, 0.1) is 0 Å². The zero-order valence-corrected chi connectivity index (χ0v) is 11.8. The predicted molar refractivity (Wildman–Crippen MR) is 74.6 cm³/mol. The zero-order valence-electron chi connectivity index (χ0n) is 11.0. The lowest BCUT2D eigenvalue weighted by atomic mass is 10.2. The first-order valence-electron chi connectivity index (χ1n) is 6.00. The summed E-state index contributed by atoms with van der Waals surface area (Å²) in [6.07, 6.45) is -2.91. The molecular formula is C14H12ClF3N2O. The van der Waals surface area contributed by atoms with Crippen molar-refractivity contribution >= 4 is 17.3 Å². The third-order valence-electron chi connectivity index (χ3n) is 2.80. The van der Waals surface area contributed by atoms with Crippen LogP contribution in [0.4, 0.5) is 18.9 Å². The van der Waals surface area contributed by atoms with Crippen LogP contribution < -0.4 is 10.1 Å². The smallest absolute Gasteiger partial charge is 0.417 e. The Balaban J connectivity index is 2.17. The standard InChI is InChI=1S/C14H12ClF3N2O/c1-21-13-9(3-2-6-19-13)8-20-10-4-5-12(15)11(7-10)14(16,17)18/h2-7,20H,8H2,1H3. The van der Waals surface area contributed by atoms with E-state index in [9.17, 15) is 13.2 Å². The molecule has 1 N–H and O–H groups in total. The number of halogens is 4. The zero-order chi connectivity index (χ0) is 15.5. The molecule has 0 saturated carbocycles. The van der Waals surface area contributed by atoms with Gasteiger partial charge in [0.15, 0.2) is 0 Å². The van der Waals surface area contributed by atoms with E-state index in [1.807, 2.05) is 0 Å². The second-order valence-electron chi connectivity index (χ2n) is 4.22. The fraction of sp³-hybridized carbons (Fsp3) is 0.214. The maximum Gasteiger partial charge on any atom is 0.417 e. The van der Waals surface area contributed by atoms with Crippen molar-refractivity contribution in [2.45, 2.75) is 12.7 Å². The van der Waals surface area contributed by atoms with E-state index in [1.165, 1.54) is 19.2 Å². The van der Waals surface area contributed by atoms with E-state index in [-0.39, 0.29) is 11.6 Å². The van der Waals surface area contributed by atoms with Crippen LogP contribution >= 0.6 is 11.6 Å². The first kappa shape index (κ1) is 15.4. The summed E-state index contributed by atoms with van der Waals surface area (Å²) >= 11 is 5.57. The molecular weight excluding hydrogens is 305 g/mol. The summed E-state index contributed by atoms with van der Waals surface area (Å²) in [4.78, 5) is 4.02. The highest BCUT2D eigenvalue weighted by Gasteiger charge is 2.33. The maximum atomic E-state index is 12.8. The number of hydrogen-bond donors (Lipinski definition) is 1. The normalized spacial score (nSPS) is 11.3. The van der Waals surface area contributed by atoms with E-state index in [1.54, 1.807) is 18.3 Å². The lowest BCUT2D eigenvalue weighted by Gasteiger charge is -2.13. The lowest BCUT2D eigenvalue weighted by molar-refractivity contribution is -0.137. The first-order chi connectivity index (χ1) is 9.91. The number of methoxy groups -OCH3 is 1. The lowest BCUT2D eigenvalue weighted by Crippen LogP contribution is -2.08. The van der Waals surface area contributed by atoms with Crippen LogP contribution in [-0.4, -0.2) is 12.1 Å². The molecule has 21 heavy (non-hydrogen) atoms. The fourth-order valence-electron chi connectivity index (χ4n) is 1.79. The topological polar surface area (TPSA) is 34.1 Å². The molecule has 0 unspecified atom stereocenters. The van der Waals surface area contributed by atoms with E-state index in [0.29, 0.717) is 11.6 Å². The van der Waals surface area contributed by atoms with Crippen LogP contribution in [0.3, 0.4) is 0 Å². The second kappa shape index (κ2) is 6.22. The molecule has 0 fully saturated rings. The molecule has 2 rings (SSSR count).